The van der Waals surface area contributed by atoms with Gasteiger partial charge in [0.25, 0.3) is 0 Å². The van der Waals surface area contributed by atoms with Crippen molar-refractivity contribution >= 4 is 5.97 Å². The summed E-state index contributed by atoms with van der Waals surface area (Å²) in [7, 11) is 3.13. The molecule has 14 heavy (non-hydrogen) atoms. The minimum Gasteiger partial charge on any atom is -0.469 e. The van der Waals surface area contributed by atoms with E-state index < -0.39 is 0 Å². The summed E-state index contributed by atoms with van der Waals surface area (Å²) < 4.78 is 9.89. The molecule has 1 N–H and O–H groups in total. The van der Waals surface area contributed by atoms with Gasteiger partial charge in [-0.3, -0.25) is 4.79 Å². The van der Waals surface area contributed by atoms with Gasteiger partial charge in [-0.1, -0.05) is 6.92 Å². The highest BCUT2D eigenvalue weighted by Gasteiger charge is 2.45. The Hall–Kier alpha value is -0.610. The highest BCUT2D eigenvalue weighted by Crippen LogP contribution is 2.37. The number of nitrogens with one attached hydrogen (secondary N) is 1. The minimum absolute atomic E-state index is 0.0808. The first-order valence-electron chi connectivity index (χ1n) is 5.00. The zero-order valence-electron chi connectivity index (χ0n) is 9.13. The molecule has 0 radical (unpaired) electrons. The van der Waals surface area contributed by atoms with Crippen molar-refractivity contribution in [1.82, 2.24) is 5.32 Å². The lowest BCUT2D eigenvalue weighted by Crippen LogP contribution is -2.59. The third-order valence-corrected chi connectivity index (χ3v) is 2.83. The van der Waals surface area contributed by atoms with Crippen molar-refractivity contribution in [1.29, 1.82) is 0 Å². The Morgan fingerprint density at radius 3 is 2.57 bits per heavy atom. The van der Waals surface area contributed by atoms with Crippen LogP contribution in [0.25, 0.3) is 0 Å². The Kier molecular flexibility index (Phi) is 3.89. The lowest BCUT2D eigenvalue weighted by molar-refractivity contribution is -0.145. The van der Waals surface area contributed by atoms with Crippen LogP contribution in [0.4, 0.5) is 0 Å². The fourth-order valence-corrected chi connectivity index (χ4v) is 2.05. The van der Waals surface area contributed by atoms with Gasteiger partial charge in [0, 0.05) is 12.6 Å². The molecule has 1 saturated carbocycles. The summed E-state index contributed by atoms with van der Waals surface area (Å²) in [5.74, 6) is -0.152. The van der Waals surface area contributed by atoms with Gasteiger partial charge in [0.1, 0.15) is 0 Å². The molecule has 1 fully saturated rings. The zero-order valence-corrected chi connectivity index (χ0v) is 9.13. The Morgan fingerprint density at radius 1 is 1.50 bits per heavy atom. The van der Waals surface area contributed by atoms with E-state index in [0.717, 1.165) is 19.4 Å². The van der Waals surface area contributed by atoms with Crippen molar-refractivity contribution in [3.8, 4) is 0 Å². The van der Waals surface area contributed by atoms with Gasteiger partial charge in [0.05, 0.1) is 19.6 Å². The molecule has 0 aromatic carbocycles. The molecule has 0 heterocycles. The number of carbonyl (C=O) groups excluding carboxylic acids is 1. The van der Waals surface area contributed by atoms with Gasteiger partial charge in [0.2, 0.25) is 0 Å². The highest BCUT2D eigenvalue weighted by molar-refractivity contribution is 5.71. The molecular formula is C10H19NO3. The number of hydrogen-bond acceptors (Lipinski definition) is 4. The SMILES string of the molecule is CCNC1(CC(=O)OC)CC(OC)C1. The third kappa shape index (κ3) is 2.45. The van der Waals surface area contributed by atoms with E-state index in [4.69, 9.17) is 4.74 Å². The summed E-state index contributed by atoms with van der Waals surface area (Å²) in [6.45, 7) is 2.91. The van der Waals surface area contributed by atoms with E-state index in [1.807, 2.05) is 6.92 Å². The Bertz CT molecular complexity index is 200. The van der Waals surface area contributed by atoms with Gasteiger partial charge in [-0.15, -0.1) is 0 Å². The van der Waals surface area contributed by atoms with Crippen LogP contribution < -0.4 is 5.32 Å². The lowest BCUT2D eigenvalue weighted by atomic mass is 9.72. The Balaban J connectivity index is 2.44. The summed E-state index contributed by atoms with van der Waals surface area (Å²) in [6.07, 6.45) is 2.52. The van der Waals surface area contributed by atoms with Crippen LogP contribution in [0.3, 0.4) is 0 Å². The maximum absolute atomic E-state index is 11.2. The summed E-state index contributed by atoms with van der Waals surface area (Å²) in [5.41, 5.74) is -0.0808. The maximum atomic E-state index is 11.2. The number of esters is 1. The second-order valence-corrected chi connectivity index (χ2v) is 3.83. The van der Waals surface area contributed by atoms with Crippen LogP contribution in [-0.4, -0.2) is 38.4 Å². The van der Waals surface area contributed by atoms with Crippen LogP contribution >= 0.6 is 0 Å². The molecule has 1 rings (SSSR count). The van der Waals surface area contributed by atoms with Crippen molar-refractivity contribution < 1.29 is 14.3 Å². The van der Waals surface area contributed by atoms with E-state index in [0.29, 0.717) is 12.5 Å². The number of hydrogen-bond donors (Lipinski definition) is 1. The molecule has 0 bridgehead atoms. The molecule has 0 aromatic heterocycles. The van der Waals surface area contributed by atoms with Crippen molar-refractivity contribution in [3.05, 3.63) is 0 Å². The standard InChI is InChI=1S/C10H19NO3/c1-4-11-10(7-9(12)14-3)5-8(6-10)13-2/h8,11H,4-7H2,1-3H3. The normalized spacial score (nSPS) is 30.9. The number of carbonyl (C=O) groups is 1. The molecule has 82 valence electrons. The predicted octanol–water partition coefficient (Wildman–Crippen LogP) is 0.707. The van der Waals surface area contributed by atoms with Crippen LogP contribution in [0.5, 0.6) is 0 Å². The molecule has 0 atom stereocenters. The van der Waals surface area contributed by atoms with E-state index in [1.165, 1.54) is 7.11 Å². The van der Waals surface area contributed by atoms with E-state index >= 15 is 0 Å². The van der Waals surface area contributed by atoms with E-state index in [2.05, 4.69) is 10.1 Å². The van der Waals surface area contributed by atoms with Crippen molar-refractivity contribution in [2.24, 2.45) is 0 Å². The highest BCUT2D eigenvalue weighted by atomic mass is 16.5. The molecular weight excluding hydrogens is 182 g/mol. The molecule has 4 nitrogen and oxygen atoms in total. The molecule has 0 saturated heterocycles. The molecule has 4 heteroatoms. The number of rotatable bonds is 5. The van der Waals surface area contributed by atoms with Crippen molar-refractivity contribution in [2.45, 2.75) is 37.8 Å². The third-order valence-electron chi connectivity index (χ3n) is 2.83. The first kappa shape index (κ1) is 11.5. The Labute approximate surface area is 85.0 Å². The molecule has 0 amide bonds. The second-order valence-electron chi connectivity index (χ2n) is 3.83. The van der Waals surface area contributed by atoms with Crippen LogP contribution in [0.1, 0.15) is 26.2 Å². The van der Waals surface area contributed by atoms with Crippen molar-refractivity contribution in [3.63, 3.8) is 0 Å². The van der Waals surface area contributed by atoms with Gasteiger partial charge in [-0.05, 0) is 19.4 Å². The van der Waals surface area contributed by atoms with E-state index in [9.17, 15) is 4.79 Å². The van der Waals surface area contributed by atoms with Gasteiger partial charge in [0.15, 0.2) is 0 Å². The Morgan fingerprint density at radius 2 is 2.14 bits per heavy atom. The molecule has 1 aliphatic carbocycles. The van der Waals surface area contributed by atoms with Crippen LogP contribution in [0.15, 0.2) is 0 Å². The second kappa shape index (κ2) is 4.75. The largest absolute Gasteiger partial charge is 0.469 e. The predicted molar refractivity (Wildman–Crippen MR) is 53.1 cm³/mol. The van der Waals surface area contributed by atoms with Crippen LogP contribution in [0, 0.1) is 0 Å². The van der Waals surface area contributed by atoms with E-state index in [1.54, 1.807) is 7.11 Å². The molecule has 1 aliphatic rings. The molecule has 0 spiro atoms. The van der Waals surface area contributed by atoms with Crippen LogP contribution in [0.2, 0.25) is 0 Å². The average molecular weight is 201 g/mol. The molecule has 0 unspecified atom stereocenters. The monoisotopic (exact) mass is 201 g/mol. The first-order valence-corrected chi connectivity index (χ1v) is 5.00. The summed E-state index contributed by atoms with van der Waals surface area (Å²) >= 11 is 0. The van der Waals surface area contributed by atoms with Crippen LogP contribution in [-0.2, 0) is 14.3 Å². The average Bonchev–Trinajstić information content (AvgIpc) is 2.13. The van der Waals surface area contributed by atoms with Gasteiger partial charge in [-0.2, -0.15) is 0 Å². The first-order chi connectivity index (χ1) is 6.65. The quantitative estimate of drug-likeness (QED) is 0.665. The maximum Gasteiger partial charge on any atom is 0.307 e. The number of ether oxygens (including phenoxy) is 2. The topological polar surface area (TPSA) is 47.6 Å². The van der Waals surface area contributed by atoms with Crippen molar-refractivity contribution in [2.75, 3.05) is 20.8 Å². The minimum atomic E-state index is -0.152. The number of methoxy groups -OCH3 is 2. The summed E-state index contributed by atoms with van der Waals surface area (Å²) in [4.78, 5) is 11.2. The summed E-state index contributed by atoms with van der Waals surface area (Å²) in [5, 5.41) is 3.34. The van der Waals surface area contributed by atoms with Gasteiger partial charge in [-0.25, -0.2) is 0 Å². The fraction of sp³-hybridized carbons (Fsp3) is 0.900. The lowest BCUT2D eigenvalue weighted by Gasteiger charge is -2.47. The van der Waals surface area contributed by atoms with E-state index in [-0.39, 0.29) is 11.5 Å². The fourth-order valence-electron chi connectivity index (χ4n) is 2.05. The molecule has 0 aromatic rings. The molecule has 0 aliphatic heterocycles. The van der Waals surface area contributed by atoms with Gasteiger partial charge >= 0.3 is 5.97 Å². The van der Waals surface area contributed by atoms with Gasteiger partial charge < -0.3 is 14.8 Å². The smallest absolute Gasteiger partial charge is 0.307 e. The zero-order chi connectivity index (χ0) is 10.6. The summed E-state index contributed by atoms with van der Waals surface area (Å²) in [6, 6.07) is 0.